The maximum absolute atomic E-state index is 12.1. The first-order valence-corrected chi connectivity index (χ1v) is 15.4. The van der Waals surface area contributed by atoms with Crippen LogP contribution in [0.4, 0.5) is 0 Å². The minimum Gasteiger partial charge on any atom is -0.295 e. The molecule has 5 rings (SSSR count). The largest absolute Gasteiger partial charge is 0.295 e. The average Bonchev–Trinajstić information content (AvgIpc) is 3.52. The number of nitrogens with zero attached hydrogens (tertiary/aromatic N) is 3. The fraction of sp³-hybridized carbons (Fsp3) is 0.321. The third-order valence-corrected chi connectivity index (χ3v) is 9.42. The first kappa shape index (κ1) is 25.2. The SMILES string of the molecule is CCC1CCCCN1Cc1cc(-c2ccc(-c3cccc(S(C)(=O)=O)c3)s2)n(-c2ccccc2Cl)n1. The van der Waals surface area contributed by atoms with Gasteiger partial charge in [0.05, 0.1) is 31.9 Å². The highest BCUT2D eigenvalue weighted by Crippen LogP contribution is 2.37. The fourth-order valence-corrected chi connectivity index (χ4v) is 6.83. The molecule has 0 amide bonds. The van der Waals surface area contributed by atoms with Crippen molar-refractivity contribution in [1.29, 1.82) is 0 Å². The number of rotatable bonds is 7. The minimum absolute atomic E-state index is 0.324. The lowest BCUT2D eigenvalue weighted by Gasteiger charge is -2.34. The summed E-state index contributed by atoms with van der Waals surface area (Å²) >= 11 is 8.23. The first-order chi connectivity index (χ1) is 17.3. The van der Waals surface area contributed by atoms with Gasteiger partial charge >= 0.3 is 0 Å². The van der Waals surface area contributed by atoms with Crippen molar-refractivity contribution < 1.29 is 8.42 Å². The van der Waals surface area contributed by atoms with Crippen molar-refractivity contribution in [3.05, 3.63) is 77.4 Å². The van der Waals surface area contributed by atoms with Gasteiger partial charge in [-0.05, 0) is 73.8 Å². The average molecular weight is 540 g/mol. The van der Waals surface area contributed by atoms with Crippen LogP contribution in [0.5, 0.6) is 0 Å². The van der Waals surface area contributed by atoms with E-state index in [2.05, 4.69) is 24.0 Å². The number of halogens is 1. The smallest absolute Gasteiger partial charge is 0.175 e. The molecule has 0 spiro atoms. The normalized spacial score (nSPS) is 16.9. The molecule has 1 saturated heterocycles. The summed E-state index contributed by atoms with van der Waals surface area (Å²) in [4.78, 5) is 4.94. The second-order valence-corrected chi connectivity index (χ2v) is 12.9. The summed E-state index contributed by atoms with van der Waals surface area (Å²) in [6, 6.07) is 21.8. The second kappa shape index (κ2) is 10.5. The Morgan fingerprint density at radius 1 is 1.03 bits per heavy atom. The molecule has 3 heterocycles. The first-order valence-electron chi connectivity index (χ1n) is 12.3. The van der Waals surface area contributed by atoms with Gasteiger partial charge in [-0.25, -0.2) is 13.1 Å². The minimum atomic E-state index is -3.27. The number of hydrogen-bond acceptors (Lipinski definition) is 5. The Bertz CT molecular complexity index is 1480. The molecule has 0 saturated carbocycles. The van der Waals surface area contributed by atoms with Crippen LogP contribution in [0.15, 0.2) is 71.6 Å². The number of benzene rings is 2. The molecular weight excluding hydrogens is 510 g/mol. The molecule has 36 heavy (non-hydrogen) atoms. The summed E-state index contributed by atoms with van der Waals surface area (Å²) in [7, 11) is -3.27. The Morgan fingerprint density at radius 2 is 1.83 bits per heavy atom. The summed E-state index contributed by atoms with van der Waals surface area (Å²) in [5, 5.41) is 5.68. The highest BCUT2D eigenvalue weighted by molar-refractivity contribution is 7.90. The van der Waals surface area contributed by atoms with E-state index < -0.39 is 9.84 Å². The zero-order valence-electron chi connectivity index (χ0n) is 20.5. The predicted octanol–water partition coefficient (Wildman–Crippen LogP) is 7.09. The Labute approximate surface area is 222 Å². The molecular formula is C28H30ClN3O2S2. The quantitative estimate of drug-likeness (QED) is 0.251. The third kappa shape index (κ3) is 5.30. The van der Waals surface area contributed by atoms with Gasteiger partial charge in [0, 0.05) is 23.7 Å². The van der Waals surface area contributed by atoms with Crippen LogP contribution in [-0.4, -0.2) is 41.9 Å². The molecule has 1 atom stereocenters. The predicted molar refractivity (Wildman–Crippen MR) is 149 cm³/mol. The van der Waals surface area contributed by atoms with Crippen LogP contribution in [0, 0.1) is 0 Å². The maximum Gasteiger partial charge on any atom is 0.175 e. The van der Waals surface area contributed by atoms with E-state index in [0.29, 0.717) is 16.0 Å². The van der Waals surface area contributed by atoms with Crippen molar-refractivity contribution in [2.75, 3.05) is 12.8 Å². The molecule has 0 N–H and O–H groups in total. The van der Waals surface area contributed by atoms with Crippen LogP contribution < -0.4 is 0 Å². The zero-order valence-corrected chi connectivity index (χ0v) is 22.9. The molecule has 0 radical (unpaired) electrons. The van der Waals surface area contributed by atoms with E-state index in [1.54, 1.807) is 29.5 Å². The second-order valence-electron chi connectivity index (χ2n) is 9.38. The number of hydrogen-bond donors (Lipinski definition) is 0. The number of aromatic nitrogens is 2. The Balaban J connectivity index is 1.54. The summed E-state index contributed by atoms with van der Waals surface area (Å²) in [6.07, 6.45) is 6.16. The lowest BCUT2D eigenvalue weighted by atomic mass is 10.00. The van der Waals surface area contributed by atoms with Crippen molar-refractivity contribution in [3.8, 4) is 26.7 Å². The molecule has 0 aliphatic carbocycles. The van der Waals surface area contributed by atoms with E-state index in [1.807, 2.05) is 41.1 Å². The van der Waals surface area contributed by atoms with Gasteiger partial charge < -0.3 is 0 Å². The number of likely N-dealkylation sites (tertiary alicyclic amines) is 1. The van der Waals surface area contributed by atoms with Crippen molar-refractivity contribution in [2.24, 2.45) is 0 Å². The van der Waals surface area contributed by atoms with Crippen LogP contribution in [0.3, 0.4) is 0 Å². The molecule has 5 nitrogen and oxygen atoms in total. The summed E-state index contributed by atoms with van der Waals surface area (Å²) < 4.78 is 26.1. The highest BCUT2D eigenvalue weighted by Gasteiger charge is 2.23. The molecule has 2 aromatic heterocycles. The third-order valence-electron chi connectivity index (χ3n) is 6.83. The Kier molecular flexibility index (Phi) is 7.35. The topological polar surface area (TPSA) is 55.2 Å². The van der Waals surface area contributed by atoms with E-state index in [9.17, 15) is 8.42 Å². The van der Waals surface area contributed by atoms with Crippen molar-refractivity contribution >= 4 is 32.8 Å². The lowest BCUT2D eigenvalue weighted by Crippen LogP contribution is -2.38. The van der Waals surface area contributed by atoms with Gasteiger partial charge in [0.15, 0.2) is 9.84 Å². The molecule has 188 valence electrons. The van der Waals surface area contributed by atoms with Crippen LogP contribution in [0.1, 0.15) is 38.3 Å². The molecule has 0 bridgehead atoms. The van der Waals surface area contributed by atoms with E-state index in [4.69, 9.17) is 16.7 Å². The van der Waals surface area contributed by atoms with Gasteiger partial charge in [0.25, 0.3) is 0 Å². The van der Waals surface area contributed by atoms with Crippen LogP contribution >= 0.6 is 22.9 Å². The van der Waals surface area contributed by atoms with E-state index in [1.165, 1.54) is 25.5 Å². The summed E-state index contributed by atoms with van der Waals surface area (Å²) in [5.74, 6) is 0. The maximum atomic E-state index is 12.1. The molecule has 2 aromatic carbocycles. The molecule has 1 aliphatic heterocycles. The number of thiophene rings is 1. The van der Waals surface area contributed by atoms with Crippen molar-refractivity contribution in [1.82, 2.24) is 14.7 Å². The van der Waals surface area contributed by atoms with Gasteiger partial charge in [0.2, 0.25) is 0 Å². The van der Waals surface area contributed by atoms with Crippen LogP contribution in [0.25, 0.3) is 26.7 Å². The van der Waals surface area contributed by atoms with E-state index in [-0.39, 0.29) is 0 Å². The van der Waals surface area contributed by atoms with Crippen LogP contribution in [0.2, 0.25) is 5.02 Å². The molecule has 8 heteroatoms. The summed E-state index contributed by atoms with van der Waals surface area (Å²) in [5.41, 5.74) is 3.75. The molecule has 1 aliphatic rings. The van der Waals surface area contributed by atoms with E-state index >= 15 is 0 Å². The van der Waals surface area contributed by atoms with Gasteiger partial charge in [-0.1, -0.05) is 49.2 Å². The lowest BCUT2D eigenvalue weighted by molar-refractivity contribution is 0.134. The summed E-state index contributed by atoms with van der Waals surface area (Å²) in [6.45, 7) is 4.19. The number of piperidine rings is 1. The Hall–Kier alpha value is -2.45. The van der Waals surface area contributed by atoms with Gasteiger partial charge in [-0.3, -0.25) is 4.90 Å². The fourth-order valence-electron chi connectivity index (χ4n) is 4.94. The molecule has 1 fully saturated rings. The van der Waals surface area contributed by atoms with Crippen molar-refractivity contribution in [2.45, 2.75) is 50.1 Å². The Morgan fingerprint density at radius 3 is 2.61 bits per heavy atom. The standard InChI is InChI=1S/C28H30ClN3O2S2/c1-3-22-10-6-7-16-31(22)19-21-18-26(32(30-21)25-13-5-4-12-24(25)29)28-15-14-27(35-28)20-9-8-11-23(17-20)36(2,33)34/h4-5,8-9,11-15,17-18,22H,3,6-7,10,16,19H2,1-2H3. The van der Waals surface area contributed by atoms with Gasteiger partial charge in [-0.2, -0.15) is 5.10 Å². The van der Waals surface area contributed by atoms with Gasteiger partial charge in [-0.15, -0.1) is 11.3 Å². The number of para-hydroxylation sites is 1. The van der Waals surface area contributed by atoms with Crippen LogP contribution in [-0.2, 0) is 16.4 Å². The zero-order chi connectivity index (χ0) is 25.3. The van der Waals surface area contributed by atoms with E-state index in [0.717, 1.165) is 51.9 Å². The monoisotopic (exact) mass is 539 g/mol. The van der Waals surface area contributed by atoms with Crippen molar-refractivity contribution in [3.63, 3.8) is 0 Å². The van der Waals surface area contributed by atoms with Gasteiger partial charge in [0.1, 0.15) is 0 Å². The molecule has 4 aromatic rings. The highest BCUT2D eigenvalue weighted by atomic mass is 35.5. The molecule has 1 unspecified atom stereocenters. The number of sulfone groups is 1.